The van der Waals surface area contributed by atoms with Gasteiger partial charge >= 0.3 is 5.97 Å². The van der Waals surface area contributed by atoms with E-state index in [1.54, 1.807) is 31.6 Å². The second kappa shape index (κ2) is 6.17. The molecule has 2 aromatic rings. The van der Waals surface area contributed by atoms with Crippen LogP contribution in [0.1, 0.15) is 39.2 Å². The third-order valence-corrected chi connectivity index (χ3v) is 3.48. The molecule has 1 aromatic carbocycles. The fourth-order valence-electron chi connectivity index (χ4n) is 2.09. The standard InChI is InChI=1S/C16H16N2O3/c1-11(12-7-9-17-10-8-12)18(2)15(19)13-5-3-4-6-14(13)16(20)21/h3-11H,1-2H3,(H,20,21). The molecular weight excluding hydrogens is 268 g/mol. The minimum Gasteiger partial charge on any atom is -0.478 e. The number of carbonyl (C=O) groups is 2. The van der Waals surface area contributed by atoms with Crippen LogP contribution in [0, 0.1) is 0 Å². The van der Waals surface area contributed by atoms with Crippen LogP contribution in [0.25, 0.3) is 0 Å². The Labute approximate surface area is 122 Å². The number of aromatic carboxylic acids is 1. The molecule has 21 heavy (non-hydrogen) atoms. The molecule has 1 N–H and O–H groups in total. The van der Waals surface area contributed by atoms with Crippen LogP contribution in [0.5, 0.6) is 0 Å². The highest BCUT2D eigenvalue weighted by molar-refractivity contribution is 6.04. The molecule has 1 aromatic heterocycles. The minimum absolute atomic E-state index is 0.0104. The molecule has 0 aliphatic carbocycles. The lowest BCUT2D eigenvalue weighted by Gasteiger charge is -2.25. The fourth-order valence-corrected chi connectivity index (χ4v) is 2.09. The summed E-state index contributed by atoms with van der Waals surface area (Å²) in [7, 11) is 1.66. The Hall–Kier alpha value is -2.69. The summed E-state index contributed by atoms with van der Waals surface area (Å²) in [6.07, 6.45) is 3.32. The van der Waals surface area contributed by atoms with E-state index in [1.165, 1.54) is 17.0 Å². The Morgan fingerprint density at radius 2 is 1.67 bits per heavy atom. The van der Waals surface area contributed by atoms with E-state index < -0.39 is 5.97 Å². The van der Waals surface area contributed by atoms with Crippen LogP contribution in [0.4, 0.5) is 0 Å². The fraction of sp³-hybridized carbons (Fsp3) is 0.188. The number of rotatable bonds is 4. The monoisotopic (exact) mass is 284 g/mol. The Morgan fingerprint density at radius 3 is 2.24 bits per heavy atom. The third kappa shape index (κ3) is 3.08. The molecule has 1 heterocycles. The van der Waals surface area contributed by atoms with Gasteiger partial charge < -0.3 is 10.0 Å². The zero-order valence-corrected chi connectivity index (χ0v) is 11.9. The number of hydrogen-bond acceptors (Lipinski definition) is 3. The van der Waals surface area contributed by atoms with E-state index in [-0.39, 0.29) is 23.1 Å². The Morgan fingerprint density at radius 1 is 1.10 bits per heavy atom. The SMILES string of the molecule is CC(c1ccncc1)N(C)C(=O)c1ccccc1C(=O)O. The second-order valence-electron chi connectivity index (χ2n) is 4.72. The number of benzene rings is 1. The molecule has 2 rings (SSSR count). The first kappa shape index (κ1) is 14.7. The predicted octanol–water partition coefficient (Wildman–Crippen LogP) is 2.61. The summed E-state index contributed by atoms with van der Waals surface area (Å²) in [6, 6.07) is 9.70. The van der Waals surface area contributed by atoms with Gasteiger partial charge in [0.05, 0.1) is 17.2 Å². The van der Waals surface area contributed by atoms with Crippen molar-refractivity contribution in [3.63, 3.8) is 0 Å². The highest BCUT2D eigenvalue weighted by Gasteiger charge is 2.23. The molecule has 1 unspecified atom stereocenters. The van der Waals surface area contributed by atoms with Gasteiger partial charge in [-0.2, -0.15) is 0 Å². The van der Waals surface area contributed by atoms with Gasteiger partial charge in [0.1, 0.15) is 0 Å². The summed E-state index contributed by atoms with van der Waals surface area (Å²) in [4.78, 5) is 29.2. The first-order chi connectivity index (χ1) is 10.0. The van der Waals surface area contributed by atoms with Crippen molar-refractivity contribution in [2.75, 3.05) is 7.05 Å². The Kier molecular flexibility index (Phi) is 4.33. The lowest BCUT2D eigenvalue weighted by Crippen LogP contribution is -2.30. The lowest BCUT2D eigenvalue weighted by atomic mass is 10.0. The largest absolute Gasteiger partial charge is 0.478 e. The highest BCUT2D eigenvalue weighted by Crippen LogP contribution is 2.21. The van der Waals surface area contributed by atoms with Crippen LogP contribution in [-0.4, -0.2) is 33.9 Å². The van der Waals surface area contributed by atoms with Crippen molar-refractivity contribution in [2.45, 2.75) is 13.0 Å². The summed E-state index contributed by atoms with van der Waals surface area (Å²) in [5.41, 5.74) is 1.14. The molecule has 0 aliphatic rings. The molecule has 0 radical (unpaired) electrons. The number of hydrogen-bond donors (Lipinski definition) is 1. The first-order valence-electron chi connectivity index (χ1n) is 6.51. The zero-order chi connectivity index (χ0) is 15.4. The molecule has 5 nitrogen and oxygen atoms in total. The van der Waals surface area contributed by atoms with Crippen LogP contribution in [0.2, 0.25) is 0 Å². The molecular formula is C16H16N2O3. The third-order valence-electron chi connectivity index (χ3n) is 3.48. The molecule has 0 saturated carbocycles. The average Bonchev–Trinajstić information content (AvgIpc) is 2.53. The van der Waals surface area contributed by atoms with Crippen molar-refractivity contribution in [3.8, 4) is 0 Å². The number of carboxylic acid groups (broad SMARTS) is 1. The van der Waals surface area contributed by atoms with Gasteiger partial charge in [0, 0.05) is 19.4 Å². The Bertz CT molecular complexity index is 656. The van der Waals surface area contributed by atoms with Crippen LogP contribution >= 0.6 is 0 Å². The minimum atomic E-state index is -1.11. The first-order valence-corrected chi connectivity index (χ1v) is 6.51. The van der Waals surface area contributed by atoms with Gasteiger partial charge in [-0.25, -0.2) is 4.79 Å². The molecule has 0 saturated heterocycles. The van der Waals surface area contributed by atoms with Crippen molar-refractivity contribution >= 4 is 11.9 Å². The molecule has 1 amide bonds. The number of nitrogens with zero attached hydrogens (tertiary/aromatic N) is 2. The number of carbonyl (C=O) groups excluding carboxylic acids is 1. The predicted molar refractivity (Wildman–Crippen MR) is 78.1 cm³/mol. The van der Waals surface area contributed by atoms with E-state index in [2.05, 4.69) is 4.98 Å². The maximum Gasteiger partial charge on any atom is 0.336 e. The van der Waals surface area contributed by atoms with Gasteiger partial charge in [0.2, 0.25) is 0 Å². The van der Waals surface area contributed by atoms with Crippen molar-refractivity contribution < 1.29 is 14.7 Å². The Balaban J connectivity index is 2.30. The maximum atomic E-state index is 12.5. The summed E-state index contributed by atoms with van der Waals surface area (Å²) in [5.74, 6) is -1.43. The maximum absolute atomic E-state index is 12.5. The lowest BCUT2D eigenvalue weighted by molar-refractivity contribution is 0.0671. The van der Waals surface area contributed by atoms with Gasteiger partial charge in [0.15, 0.2) is 0 Å². The van der Waals surface area contributed by atoms with Gasteiger partial charge in [-0.05, 0) is 36.8 Å². The van der Waals surface area contributed by atoms with E-state index in [1.807, 2.05) is 19.1 Å². The van der Waals surface area contributed by atoms with E-state index in [9.17, 15) is 14.7 Å². The van der Waals surface area contributed by atoms with Crippen LogP contribution < -0.4 is 0 Å². The van der Waals surface area contributed by atoms with E-state index in [4.69, 9.17) is 0 Å². The number of pyridine rings is 1. The van der Waals surface area contributed by atoms with Crippen LogP contribution in [-0.2, 0) is 0 Å². The van der Waals surface area contributed by atoms with Gasteiger partial charge in [0.25, 0.3) is 5.91 Å². The van der Waals surface area contributed by atoms with E-state index >= 15 is 0 Å². The summed E-state index contributed by atoms with van der Waals surface area (Å²) in [5, 5.41) is 9.17. The molecule has 0 spiro atoms. The number of carboxylic acids is 1. The van der Waals surface area contributed by atoms with Crippen LogP contribution in [0.15, 0.2) is 48.8 Å². The summed E-state index contributed by atoms with van der Waals surface area (Å²) < 4.78 is 0. The highest BCUT2D eigenvalue weighted by atomic mass is 16.4. The normalized spacial score (nSPS) is 11.7. The molecule has 0 fully saturated rings. The van der Waals surface area contributed by atoms with Crippen molar-refractivity contribution in [1.29, 1.82) is 0 Å². The van der Waals surface area contributed by atoms with Crippen LogP contribution in [0.3, 0.4) is 0 Å². The smallest absolute Gasteiger partial charge is 0.336 e. The average molecular weight is 284 g/mol. The van der Waals surface area contributed by atoms with Crippen molar-refractivity contribution in [3.05, 3.63) is 65.5 Å². The van der Waals surface area contributed by atoms with E-state index in [0.29, 0.717) is 0 Å². The van der Waals surface area contributed by atoms with Gasteiger partial charge in [-0.15, -0.1) is 0 Å². The topological polar surface area (TPSA) is 70.5 Å². The number of amides is 1. The second-order valence-corrected chi connectivity index (χ2v) is 4.72. The molecule has 1 atom stereocenters. The number of aromatic nitrogens is 1. The van der Waals surface area contributed by atoms with Gasteiger partial charge in [-0.3, -0.25) is 9.78 Å². The summed E-state index contributed by atoms with van der Waals surface area (Å²) in [6.45, 7) is 1.89. The van der Waals surface area contributed by atoms with Crippen molar-refractivity contribution in [1.82, 2.24) is 9.88 Å². The van der Waals surface area contributed by atoms with Crippen molar-refractivity contribution in [2.24, 2.45) is 0 Å². The molecule has 108 valence electrons. The zero-order valence-electron chi connectivity index (χ0n) is 11.9. The van der Waals surface area contributed by atoms with E-state index in [0.717, 1.165) is 5.56 Å². The molecule has 0 bridgehead atoms. The molecule has 5 heteroatoms. The molecule has 0 aliphatic heterocycles. The summed E-state index contributed by atoms with van der Waals surface area (Å²) >= 11 is 0. The quantitative estimate of drug-likeness (QED) is 0.936. The van der Waals surface area contributed by atoms with Gasteiger partial charge in [-0.1, -0.05) is 12.1 Å².